The van der Waals surface area contributed by atoms with Gasteiger partial charge in [-0.05, 0) is 64.4 Å². The molecule has 12 nitrogen and oxygen atoms in total. The third-order valence-electron chi connectivity index (χ3n) is 9.00. The molecule has 12 heteroatoms. The molecule has 3 rings (SSSR count). The maximum absolute atomic E-state index is 14.0. The zero-order valence-corrected chi connectivity index (χ0v) is 28.8. The van der Waals surface area contributed by atoms with Gasteiger partial charge in [0.2, 0.25) is 23.5 Å². The fraction of sp³-hybridized carbons (Fsp3) is 0.639. The first-order chi connectivity index (χ1) is 22.7. The van der Waals surface area contributed by atoms with Crippen LogP contribution >= 0.6 is 0 Å². The second-order valence-corrected chi connectivity index (χ2v) is 14.0. The molecule has 1 aromatic carbocycles. The van der Waals surface area contributed by atoms with Gasteiger partial charge in [0, 0.05) is 31.7 Å². The van der Waals surface area contributed by atoms with Gasteiger partial charge in [0.1, 0.15) is 17.7 Å². The summed E-state index contributed by atoms with van der Waals surface area (Å²) in [5.74, 6) is -4.46. The van der Waals surface area contributed by atoms with Crippen LogP contribution in [-0.2, 0) is 33.5 Å². The minimum Gasteiger partial charge on any atom is -0.444 e. The highest BCUT2D eigenvalue weighted by Crippen LogP contribution is 2.30. The number of nitrogens with one attached hydrogen (secondary N) is 2. The molecule has 4 amide bonds. The molecule has 264 valence electrons. The van der Waals surface area contributed by atoms with Gasteiger partial charge in [-0.15, -0.1) is 0 Å². The summed E-state index contributed by atoms with van der Waals surface area (Å²) in [6.45, 7) is 7.44. The lowest BCUT2D eigenvalue weighted by molar-refractivity contribution is -0.143. The Labute approximate surface area is 283 Å². The van der Waals surface area contributed by atoms with Crippen LogP contribution in [-0.4, -0.2) is 70.3 Å². The number of hydrogen-bond acceptors (Lipinski definition) is 8. The van der Waals surface area contributed by atoms with Gasteiger partial charge >= 0.3 is 6.09 Å². The summed E-state index contributed by atoms with van der Waals surface area (Å²) in [4.78, 5) is 92.7. The summed E-state index contributed by atoms with van der Waals surface area (Å²) < 4.78 is 5.46. The zero-order valence-electron chi connectivity index (χ0n) is 28.8. The molecule has 48 heavy (non-hydrogen) atoms. The van der Waals surface area contributed by atoms with Crippen molar-refractivity contribution < 1.29 is 38.3 Å². The van der Waals surface area contributed by atoms with E-state index in [0.29, 0.717) is 37.8 Å². The fourth-order valence-corrected chi connectivity index (χ4v) is 6.66. The van der Waals surface area contributed by atoms with Crippen molar-refractivity contribution in [3.63, 3.8) is 0 Å². The topological polar surface area (TPSA) is 182 Å². The lowest BCUT2D eigenvalue weighted by Crippen LogP contribution is -2.55. The monoisotopic (exact) mass is 668 g/mol. The van der Waals surface area contributed by atoms with Crippen LogP contribution in [0, 0.1) is 11.8 Å². The quantitative estimate of drug-likeness (QED) is 0.220. The molecule has 1 saturated heterocycles. The Morgan fingerprint density at radius 1 is 0.917 bits per heavy atom. The predicted octanol–water partition coefficient (Wildman–Crippen LogP) is 4.09. The molecule has 1 saturated carbocycles. The Hall–Kier alpha value is -4.09. The molecular weight excluding hydrogens is 616 g/mol. The predicted molar refractivity (Wildman–Crippen MR) is 178 cm³/mol. The van der Waals surface area contributed by atoms with Gasteiger partial charge in [-0.2, -0.15) is 0 Å². The number of nitrogens with two attached hydrogens (primary N) is 1. The molecule has 4 atom stereocenters. The number of benzene rings is 1. The summed E-state index contributed by atoms with van der Waals surface area (Å²) in [5.41, 5.74) is 5.21. The van der Waals surface area contributed by atoms with Crippen molar-refractivity contribution in [2.75, 3.05) is 6.54 Å². The summed E-state index contributed by atoms with van der Waals surface area (Å²) >= 11 is 0. The summed E-state index contributed by atoms with van der Waals surface area (Å²) in [5, 5.41) is 5.32. The molecular formula is C36H52N4O8. The van der Waals surface area contributed by atoms with Crippen LogP contribution in [0.1, 0.15) is 116 Å². The minimum atomic E-state index is -1.08. The molecule has 0 bridgehead atoms. The normalized spacial score (nSPS) is 18.7. The van der Waals surface area contributed by atoms with Crippen LogP contribution in [0.25, 0.3) is 0 Å². The van der Waals surface area contributed by atoms with E-state index in [9.17, 15) is 33.6 Å². The third-order valence-corrected chi connectivity index (χ3v) is 9.00. The smallest absolute Gasteiger partial charge is 0.408 e. The van der Waals surface area contributed by atoms with Gasteiger partial charge in [-0.25, -0.2) is 4.79 Å². The number of alkyl carbamates (subject to hydrolysis) is 1. The Bertz CT molecular complexity index is 1320. The van der Waals surface area contributed by atoms with Crippen LogP contribution in [0.15, 0.2) is 30.3 Å². The Morgan fingerprint density at radius 3 is 2.19 bits per heavy atom. The number of carbonyl (C=O) groups excluding carboxylic acids is 7. The van der Waals surface area contributed by atoms with Crippen LogP contribution in [0.4, 0.5) is 4.79 Å². The molecule has 0 aromatic heterocycles. The lowest BCUT2D eigenvalue weighted by Gasteiger charge is -2.35. The van der Waals surface area contributed by atoms with E-state index in [1.54, 1.807) is 51.1 Å². The Balaban J connectivity index is 1.64. The number of Topliss-reactive ketones (excluding diaryl/α,β-unsaturated/α-hetero) is 3. The van der Waals surface area contributed by atoms with E-state index >= 15 is 0 Å². The Kier molecular flexibility index (Phi) is 14.3. The highest BCUT2D eigenvalue weighted by Gasteiger charge is 2.42. The van der Waals surface area contributed by atoms with Gasteiger partial charge in [0.25, 0.3) is 0 Å². The molecule has 2 aliphatic rings. The zero-order chi connectivity index (χ0) is 35.4. The van der Waals surface area contributed by atoms with Gasteiger partial charge in [0.05, 0.1) is 6.04 Å². The fourth-order valence-electron chi connectivity index (χ4n) is 6.66. The molecule has 1 heterocycles. The van der Waals surface area contributed by atoms with E-state index in [2.05, 4.69) is 10.6 Å². The molecule has 0 spiro atoms. The number of ketones is 3. The summed E-state index contributed by atoms with van der Waals surface area (Å²) in [6, 6.07) is 5.77. The van der Waals surface area contributed by atoms with Crippen LogP contribution in [0.3, 0.4) is 0 Å². The standard InChI is InChI=1S/C36H52N4O8/c1-5-13-25(32(44)27(41)19-20-29(43)38-30(33(37)45)23-14-8-6-9-15-23)22-28(42)26-18-12-21-40(26)34(46)31(24-16-10-7-11-17-24)39-35(47)48-36(2,3)4/h6,8-9,14-15,24-26,30-31H,5,7,10-13,16-22H2,1-4H3,(H2,37,45)(H,38,43)(H,39,47)/t25?,26-,30-,31-/m0/s1. The first-order valence-corrected chi connectivity index (χ1v) is 17.2. The van der Waals surface area contributed by atoms with E-state index in [1.807, 2.05) is 6.92 Å². The number of rotatable bonds is 16. The van der Waals surface area contributed by atoms with Crippen molar-refractivity contribution in [1.29, 1.82) is 0 Å². The van der Waals surface area contributed by atoms with Crippen molar-refractivity contribution in [2.24, 2.45) is 17.6 Å². The van der Waals surface area contributed by atoms with E-state index < -0.39 is 59.1 Å². The number of carbonyl (C=O) groups is 7. The van der Waals surface area contributed by atoms with E-state index in [-0.39, 0.29) is 36.9 Å². The molecule has 1 unspecified atom stereocenters. The van der Waals surface area contributed by atoms with E-state index in [4.69, 9.17) is 10.5 Å². The van der Waals surface area contributed by atoms with Gasteiger partial charge < -0.3 is 26.0 Å². The van der Waals surface area contributed by atoms with Crippen LogP contribution in [0.2, 0.25) is 0 Å². The number of likely N-dealkylation sites (tertiary alicyclic amines) is 1. The van der Waals surface area contributed by atoms with Crippen molar-refractivity contribution in [3.8, 4) is 0 Å². The summed E-state index contributed by atoms with van der Waals surface area (Å²) in [7, 11) is 0. The number of primary amides is 1. The highest BCUT2D eigenvalue weighted by atomic mass is 16.6. The van der Waals surface area contributed by atoms with Crippen LogP contribution < -0.4 is 16.4 Å². The van der Waals surface area contributed by atoms with Gasteiger partial charge in [0.15, 0.2) is 11.6 Å². The SMILES string of the molecule is CCCC(CC(=O)[C@@H]1CCCN1C(=O)[C@@H](NC(=O)OC(C)(C)C)C1CCCCC1)C(=O)C(=O)CCC(=O)N[C@H](C(N)=O)c1ccccc1. The van der Waals surface area contributed by atoms with Crippen LogP contribution in [0.5, 0.6) is 0 Å². The second-order valence-electron chi connectivity index (χ2n) is 14.0. The minimum absolute atomic E-state index is 0.0784. The molecule has 0 radical (unpaired) electrons. The number of amides is 4. The average molecular weight is 669 g/mol. The number of ether oxygens (including phenoxy) is 1. The maximum Gasteiger partial charge on any atom is 0.408 e. The third kappa shape index (κ3) is 11.3. The van der Waals surface area contributed by atoms with Gasteiger partial charge in [-0.1, -0.05) is 62.9 Å². The Morgan fingerprint density at radius 2 is 1.58 bits per heavy atom. The second kappa shape index (κ2) is 17.9. The van der Waals surface area contributed by atoms with Crippen molar-refractivity contribution in [1.82, 2.24) is 15.5 Å². The van der Waals surface area contributed by atoms with Gasteiger partial charge in [-0.3, -0.25) is 28.8 Å². The van der Waals surface area contributed by atoms with E-state index in [1.165, 1.54) is 4.90 Å². The lowest BCUT2D eigenvalue weighted by atomic mass is 9.83. The highest BCUT2D eigenvalue weighted by molar-refractivity contribution is 6.38. The molecule has 1 aliphatic heterocycles. The van der Waals surface area contributed by atoms with Crippen molar-refractivity contribution >= 4 is 41.2 Å². The summed E-state index contributed by atoms with van der Waals surface area (Å²) in [6.07, 6.45) is 4.79. The largest absolute Gasteiger partial charge is 0.444 e. The number of nitrogens with zero attached hydrogens (tertiary/aromatic N) is 1. The average Bonchev–Trinajstić information content (AvgIpc) is 3.54. The van der Waals surface area contributed by atoms with E-state index in [0.717, 1.165) is 32.1 Å². The molecule has 1 aromatic rings. The first kappa shape index (κ1) is 38.4. The first-order valence-electron chi connectivity index (χ1n) is 17.2. The number of hydrogen-bond donors (Lipinski definition) is 3. The van der Waals surface area contributed by atoms with Crippen molar-refractivity contribution in [3.05, 3.63) is 35.9 Å². The molecule has 1 aliphatic carbocycles. The molecule has 2 fully saturated rings. The maximum atomic E-state index is 14.0. The van der Waals surface area contributed by atoms with Crippen molar-refractivity contribution in [2.45, 2.75) is 128 Å². The molecule has 4 N–H and O–H groups in total.